The fourth-order valence-corrected chi connectivity index (χ4v) is 4.11. The zero-order valence-electron chi connectivity index (χ0n) is 14.3. The summed E-state index contributed by atoms with van der Waals surface area (Å²) < 4.78 is 0. The third kappa shape index (κ3) is 2.58. The number of hydrogen-bond acceptors (Lipinski definition) is 2. The van der Waals surface area contributed by atoms with Crippen LogP contribution in [0.15, 0.2) is 91.0 Å². The predicted octanol–water partition coefficient (Wildman–Crippen LogP) is 4.05. The van der Waals surface area contributed by atoms with Crippen molar-refractivity contribution in [3.63, 3.8) is 0 Å². The van der Waals surface area contributed by atoms with Gasteiger partial charge in [0.2, 0.25) is 0 Å². The van der Waals surface area contributed by atoms with Gasteiger partial charge in [-0.15, -0.1) is 0 Å². The Bertz CT molecular complexity index is 703. The number of aliphatic hydroxyl groups is 1. The lowest BCUT2D eigenvalue weighted by Gasteiger charge is -2.54. The Labute approximate surface area is 149 Å². The molecule has 1 saturated heterocycles. The van der Waals surface area contributed by atoms with Crippen molar-refractivity contribution >= 4 is 0 Å². The van der Waals surface area contributed by atoms with E-state index in [1.807, 2.05) is 0 Å². The topological polar surface area (TPSA) is 23.5 Å². The molecule has 0 saturated carbocycles. The number of nitrogens with zero attached hydrogens (tertiary/aromatic N) is 1. The van der Waals surface area contributed by atoms with Gasteiger partial charge in [-0.3, -0.25) is 4.90 Å². The van der Waals surface area contributed by atoms with Crippen LogP contribution in [0.3, 0.4) is 0 Å². The van der Waals surface area contributed by atoms with Crippen LogP contribution in [0.5, 0.6) is 0 Å². The number of hydrogen-bond donors (Lipinski definition) is 1. The molecule has 0 bridgehead atoms. The van der Waals surface area contributed by atoms with E-state index in [-0.39, 0.29) is 18.2 Å². The molecule has 1 atom stereocenters. The summed E-state index contributed by atoms with van der Waals surface area (Å²) in [6.07, 6.45) is 1.03. The molecule has 1 aliphatic rings. The van der Waals surface area contributed by atoms with Crippen LogP contribution in [0.4, 0.5) is 0 Å². The van der Waals surface area contributed by atoms with Gasteiger partial charge in [0.1, 0.15) is 0 Å². The summed E-state index contributed by atoms with van der Waals surface area (Å²) in [7, 11) is 0. The predicted molar refractivity (Wildman–Crippen MR) is 101 cm³/mol. The first-order valence-corrected chi connectivity index (χ1v) is 8.91. The second-order valence-electron chi connectivity index (χ2n) is 6.63. The molecule has 3 aromatic rings. The average Bonchev–Trinajstić information content (AvgIpc) is 2.67. The van der Waals surface area contributed by atoms with Gasteiger partial charge in [-0.05, 0) is 23.1 Å². The molecular formula is C23H23NO. The summed E-state index contributed by atoms with van der Waals surface area (Å²) in [6.45, 7) is 1.16. The highest BCUT2D eigenvalue weighted by atomic mass is 16.3. The van der Waals surface area contributed by atoms with Gasteiger partial charge in [-0.25, -0.2) is 0 Å². The molecule has 2 heteroatoms. The Morgan fingerprint density at radius 1 is 0.720 bits per heavy atom. The SMILES string of the molecule is OC[C@@H]1CCN1C(c1ccccc1)(c1ccccc1)c1ccccc1. The number of likely N-dealkylation sites (tertiary alicyclic amines) is 1. The molecule has 0 aliphatic carbocycles. The van der Waals surface area contributed by atoms with Crippen LogP contribution in [-0.4, -0.2) is 29.2 Å². The van der Waals surface area contributed by atoms with Crippen molar-refractivity contribution < 1.29 is 5.11 Å². The highest BCUT2D eigenvalue weighted by Gasteiger charge is 2.48. The molecule has 1 fully saturated rings. The fraction of sp³-hybridized carbons (Fsp3) is 0.217. The summed E-state index contributed by atoms with van der Waals surface area (Å²) in [4.78, 5) is 2.45. The quantitative estimate of drug-likeness (QED) is 0.714. The standard InChI is InChI=1S/C23H23NO/c25-18-22-16-17-24(22)23(19-10-4-1-5-11-19,20-12-6-2-7-13-20)21-14-8-3-9-15-21/h1-15,22,25H,16-18H2/t22-/m0/s1. The molecule has 126 valence electrons. The van der Waals surface area contributed by atoms with Crippen molar-refractivity contribution in [1.29, 1.82) is 0 Å². The van der Waals surface area contributed by atoms with Crippen molar-refractivity contribution in [2.24, 2.45) is 0 Å². The van der Waals surface area contributed by atoms with E-state index in [0.717, 1.165) is 13.0 Å². The molecule has 0 spiro atoms. The lowest BCUT2D eigenvalue weighted by Crippen LogP contribution is -2.61. The fourth-order valence-electron chi connectivity index (χ4n) is 4.11. The van der Waals surface area contributed by atoms with E-state index in [0.29, 0.717) is 0 Å². The van der Waals surface area contributed by atoms with E-state index < -0.39 is 0 Å². The third-order valence-electron chi connectivity index (χ3n) is 5.36. The second kappa shape index (κ2) is 6.83. The van der Waals surface area contributed by atoms with Crippen molar-refractivity contribution in [2.45, 2.75) is 18.0 Å². The molecule has 1 heterocycles. The largest absolute Gasteiger partial charge is 0.395 e. The van der Waals surface area contributed by atoms with Gasteiger partial charge in [0.15, 0.2) is 0 Å². The van der Waals surface area contributed by atoms with Crippen LogP contribution in [0.25, 0.3) is 0 Å². The molecule has 0 amide bonds. The van der Waals surface area contributed by atoms with Gasteiger partial charge in [-0.1, -0.05) is 91.0 Å². The van der Waals surface area contributed by atoms with Gasteiger partial charge in [0, 0.05) is 12.6 Å². The van der Waals surface area contributed by atoms with Gasteiger partial charge in [0.25, 0.3) is 0 Å². The number of rotatable bonds is 5. The first-order valence-electron chi connectivity index (χ1n) is 8.91. The van der Waals surface area contributed by atoms with Crippen LogP contribution in [0.1, 0.15) is 23.1 Å². The molecule has 1 aliphatic heterocycles. The van der Waals surface area contributed by atoms with Crippen LogP contribution in [-0.2, 0) is 5.54 Å². The van der Waals surface area contributed by atoms with Crippen LogP contribution < -0.4 is 0 Å². The molecular weight excluding hydrogens is 306 g/mol. The minimum Gasteiger partial charge on any atom is -0.395 e. The Morgan fingerprint density at radius 2 is 1.12 bits per heavy atom. The monoisotopic (exact) mass is 329 g/mol. The third-order valence-corrected chi connectivity index (χ3v) is 5.36. The first-order chi connectivity index (χ1) is 12.4. The van der Waals surface area contributed by atoms with Crippen molar-refractivity contribution in [2.75, 3.05) is 13.2 Å². The lowest BCUT2D eigenvalue weighted by atomic mass is 9.73. The highest BCUT2D eigenvalue weighted by Crippen LogP contribution is 2.46. The summed E-state index contributed by atoms with van der Waals surface area (Å²) in [6, 6.07) is 32.2. The summed E-state index contributed by atoms with van der Waals surface area (Å²) in [5, 5.41) is 9.92. The molecule has 4 rings (SSSR count). The normalized spacial score (nSPS) is 17.9. The number of benzene rings is 3. The summed E-state index contributed by atoms with van der Waals surface area (Å²) in [5.41, 5.74) is 3.34. The van der Waals surface area contributed by atoms with E-state index in [4.69, 9.17) is 0 Å². The average molecular weight is 329 g/mol. The summed E-state index contributed by atoms with van der Waals surface area (Å²) >= 11 is 0. The van der Waals surface area contributed by atoms with Gasteiger partial charge in [0.05, 0.1) is 12.1 Å². The Balaban J connectivity index is 2.02. The van der Waals surface area contributed by atoms with E-state index >= 15 is 0 Å². The van der Waals surface area contributed by atoms with Gasteiger partial charge >= 0.3 is 0 Å². The van der Waals surface area contributed by atoms with Gasteiger partial charge < -0.3 is 5.11 Å². The highest BCUT2D eigenvalue weighted by molar-refractivity contribution is 5.50. The zero-order valence-corrected chi connectivity index (χ0v) is 14.3. The van der Waals surface area contributed by atoms with Crippen LogP contribution in [0.2, 0.25) is 0 Å². The maximum Gasteiger partial charge on any atom is 0.0976 e. The zero-order chi connectivity index (χ0) is 17.1. The van der Waals surface area contributed by atoms with E-state index in [9.17, 15) is 5.11 Å². The smallest absolute Gasteiger partial charge is 0.0976 e. The van der Waals surface area contributed by atoms with Crippen molar-refractivity contribution in [3.8, 4) is 0 Å². The van der Waals surface area contributed by atoms with Gasteiger partial charge in [-0.2, -0.15) is 0 Å². The maximum atomic E-state index is 9.92. The Kier molecular flexibility index (Phi) is 4.39. The summed E-state index contributed by atoms with van der Waals surface area (Å²) in [5.74, 6) is 0. The Morgan fingerprint density at radius 3 is 1.40 bits per heavy atom. The number of aliphatic hydroxyl groups excluding tert-OH is 1. The maximum absolute atomic E-state index is 9.92. The van der Waals surface area contributed by atoms with Crippen molar-refractivity contribution in [3.05, 3.63) is 108 Å². The molecule has 0 aromatic heterocycles. The minimum atomic E-state index is -0.380. The molecule has 2 nitrogen and oxygen atoms in total. The Hall–Kier alpha value is -2.42. The minimum absolute atomic E-state index is 0.181. The van der Waals surface area contributed by atoms with Crippen molar-refractivity contribution in [1.82, 2.24) is 4.90 Å². The molecule has 1 N–H and O–H groups in total. The molecule has 0 radical (unpaired) electrons. The molecule has 3 aromatic carbocycles. The first kappa shape index (κ1) is 16.1. The van der Waals surface area contributed by atoms with E-state index in [2.05, 4.69) is 95.9 Å². The van der Waals surface area contributed by atoms with E-state index in [1.54, 1.807) is 0 Å². The molecule has 0 unspecified atom stereocenters. The molecule has 25 heavy (non-hydrogen) atoms. The second-order valence-corrected chi connectivity index (χ2v) is 6.63. The van der Waals surface area contributed by atoms with E-state index in [1.165, 1.54) is 16.7 Å². The van der Waals surface area contributed by atoms with Crippen LogP contribution in [0, 0.1) is 0 Å². The van der Waals surface area contributed by atoms with Crippen LogP contribution >= 0.6 is 0 Å². The lowest BCUT2D eigenvalue weighted by molar-refractivity contribution is -0.0174.